The summed E-state index contributed by atoms with van der Waals surface area (Å²) in [6.45, 7) is 7.71. The van der Waals surface area contributed by atoms with Crippen LogP contribution in [0, 0.1) is 27.7 Å². The Morgan fingerprint density at radius 2 is 1.53 bits per heavy atom. The lowest BCUT2D eigenvalue weighted by atomic mass is 9.95. The van der Waals surface area contributed by atoms with Crippen LogP contribution in [0.25, 0.3) is 0 Å². The van der Waals surface area contributed by atoms with Gasteiger partial charge in [0.1, 0.15) is 11.9 Å². The van der Waals surface area contributed by atoms with Crippen molar-refractivity contribution < 1.29 is 18.1 Å². The molecule has 0 saturated heterocycles. The normalized spacial score (nSPS) is 11.9. The van der Waals surface area contributed by atoms with Gasteiger partial charge in [0.25, 0.3) is 0 Å². The second-order valence-electron chi connectivity index (χ2n) is 4.15. The predicted octanol–water partition coefficient (Wildman–Crippen LogP) is 1.21. The molecule has 0 bridgehead atoms. The molecule has 0 aliphatic heterocycles. The van der Waals surface area contributed by atoms with Crippen molar-refractivity contribution in [2.75, 3.05) is 0 Å². The van der Waals surface area contributed by atoms with Crippen molar-refractivity contribution in [3.63, 3.8) is 0 Å². The Labute approximate surface area is 106 Å². The third-order valence-electron chi connectivity index (χ3n) is 3.22. The van der Waals surface area contributed by atoms with Gasteiger partial charge in [-0.25, -0.2) is 8.42 Å². The lowest BCUT2D eigenvalue weighted by Crippen LogP contribution is -2.36. The van der Waals surface area contributed by atoms with Crippen LogP contribution < -0.4 is 5.14 Å². The minimum absolute atomic E-state index is 0.460. The van der Waals surface area contributed by atoms with E-state index in [1.807, 2.05) is 27.7 Å². The molecule has 1 aromatic carbocycles. The second-order valence-corrected chi connectivity index (χ2v) is 6.25. The highest BCUT2D eigenvalue weighted by molar-refractivity contribution is 7.92. The van der Waals surface area contributed by atoms with Gasteiger partial charge in [-0.15, -0.1) is 0 Å². The fourth-order valence-electron chi connectivity index (χ4n) is 1.90. The van der Waals surface area contributed by atoms with Gasteiger partial charge in [-0.3, -0.25) is 5.14 Å². The molecule has 1 rings (SSSR count). The molecule has 0 aliphatic rings. The zero-order valence-electron chi connectivity index (χ0n) is 10.5. The van der Waals surface area contributed by atoms with E-state index in [0.29, 0.717) is 5.56 Å². The van der Waals surface area contributed by atoms with Crippen LogP contribution in [-0.4, -0.2) is 13.0 Å². The fraction of sp³-hybridized carbons (Fsp3) is 0.455. The van der Waals surface area contributed by atoms with E-state index < -0.39 is 15.9 Å². The number of benzene rings is 1. The lowest BCUT2D eigenvalue weighted by molar-refractivity contribution is -0.137. The van der Waals surface area contributed by atoms with Gasteiger partial charge in [0, 0.05) is 0 Å². The molecule has 0 fully saturated rings. The Bertz CT molecular complexity index is 551. The molecule has 0 aliphatic carbocycles. The van der Waals surface area contributed by atoms with Gasteiger partial charge in [-0.1, -0.05) is 0 Å². The van der Waals surface area contributed by atoms with Crippen LogP contribution in [0.1, 0.15) is 27.8 Å². The Balaban J connectivity index is 3.58. The van der Waals surface area contributed by atoms with Crippen molar-refractivity contribution in [3.05, 3.63) is 27.8 Å². The Kier molecular flexibility index (Phi) is 4.24. The molecule has 0 unspecified atom stereocenters. The minimum Gasteiger partial charge on any atom is -0.748 e. The third kappa shape index (κ3) is 3.01. The molecule has 17 heavy (non-hydrogen) atoms. The summed E-state index contributed by atoms with van der Waals surface area (Å²) >= 11 is 1.25. The summed E-state index contributed by atoms with van der Waals surface area (Å²) in [5.41, 5.74) is 4.64. The number of rotatable bonds is 3. The van der Waals surface area contributed by atoms with E-state index in [1.54, 1.807) is 0 Å². The Morgan fingerprint density at radius 3 is 1.94 bits per heavy atom. The zero-order chi connectivity index (χ0) is 13.4. The molecule has 4 nitrogen and oxygen atoms in total. The first-order valence-corrected chi connectivity index (χ1v) is 7.70. The van der Waals surface area contributed by atoms with Crippen LogP contribution in [0.4, 0.5) is 0 Å². The Hall–Kier alpha value is -0.560. The number of hydrogen-bond donors (Lipinski definition) is 1. The monoisotopic (exact) mass is 275 g/mol. The molecule has 0 atom stereocenters. The van der Waals surface area contributed by atoms with E-state index in [1.165, 1.54) is 11.9 Å². The van der Waals surface area contributed by atoms with Gasteiger partial charge in [0.2, 0.25) is 0 Å². The molecule has 6 heteroatoms. The molecular weight excluding hydrogens is 258 g/mol. The van der Waals surface area contributed by atoms with Crippen molar-refractivity contribution in [2.45, 2.75) is 38.3 Å². The number of quaternary nitrogens is 1. The van der Waals surface area contributed by atoms with E-state index in [-0.39, 0.29) is 0 Å². The molecule has 1 aromatic rings. The standard InChI is InChI=1S/C11H17NO3S2/c1-6-7(2)9(4)11(16-12)10(8(6)3)5-17(13,14)15/h5,12H2,1-4H3,(H,13,14,15). The van der Waals surface area contributed by atoms with E-state index in [2.05, 4.69) is 5.14 Å². The van der Waals surface area contributed by atoms with Crippen molar-refractivity contribution in [1.82, 2.24) is 0 Å². The highest BCUT2D eigenvalue weighted by Crippen LogP contribution is 2.32. The first-order valence-electron chi connectivity index (χ1n) is 5.14. The summed E-state index contributed by atoms with van der Waals surface area (Å²) in [6.07, 6.45) is 0. The minimum atomic E-state index is -4.27. The van der Waals surface area contributed by atoms with E-state index in [4.69, 9.17) is 0 Å². The average Bonchev–Trinajstić information content (AvgIpc) is 2.22. The lowest BCUT2D eigenvalue weighted by Gasteiger charge is -2.19. The van der Waals surface area contributed by atoms with Crippen LogP contribution in [0.2, 0.25) is 0 Å². The van der Waals surface area contributed by atoms with Gasteiger partial charge in [0.15, 0.2) is 0 Å². The summed E-state index contributed by atoms with van der Waals surface area (Å²) in [4.78, 5) is 0.810. The summed E-state index contributed by atoms with van der Waals surface area (Å²) in [5, 5.41) is 3.74. The van der Waals surface area contributed by atoms with Crippen LogP contribution in [0.3, 0.4) is 0 Å². The second kappa shape index (κ2) is 4.97. The molecule has 0 radical (unpaired) electrons. The molecule has 0 heterocycles. The highest BCUT2D eigenvalue weighted by atomic mass is 32.2. The third-order valence-corrected chi connectivity index (χ3v) is 4.70. The van der Waals surface area contributed by atoms with Gasteiger partial charge in [-0.2, -0.15) is 0 Å². The van der Waals surface area contributed by atoms with Crippen LogP contribution in [0.15, 0.2) is 4.90 Å². The largest absolute Gasteiger partial charge is 0.748 e. The van der Waals surface area contributed by atoms with Gasteiger partial charge in [-0.05, 0) is 55.5 Å². The molecular formula is C11H17NO3S2. The first-order chi connectivity index (χ1) is 7.69. The van der Waals surface area contributed by atoms with E-state index >= 15 is 0 Å². The SMILES string of the molecule is Cc1c(C)c(C)c(S[NH3+])c(CS(=O)(=O)[O-])c1C. The zero-order valence-corrected chi connectivity index (χ0v) is 12.1. The van der Waals surface area contributed by atoms with Crippen molar-refractivity contribution in [1.29, 1.82) is 0 Å². The predicted molar refractivity (Wildman–Crippen MR) is 67.5 cm³/mol. The molecule has 3 N–H and O–H groups in total. The van der Waals surface area contributed by atoms with Crippen molar-refractivity contribution >= 4 is 22.1 Å². The topological polar surface area (TPSA) is 84.8 Å². The van der Waals surface area contributed by atoms with Crippen molar-refractivity contribution in [2.24, 2.45) is 0 Å². The summed E-state index contributed by atoms with van der Waals surface area (Å²) in [6, 6.07) is 0. The molecule has 0 saturated carbocycles. The smallest absolute Gasteiger partial charge is 0.107 e. The maximum Gasteiger partial charge on any atom is 0.107 e. The van der Waals surface area contributed by atoms with E-state index in [0.717, 1.165) is 27.1 Å². The van der Waals surface area contributed by atoms with Crippen LogP contribution in [-0.2, 0) is 15.9 Å². The van der Waals surface area contributed by atoms with Gasteiger partial charge in [0.05, 0.1) is 20.8 Å². The first kappa shape index (κ1) is 14.5. The van der Waals surface area contributed by atoms with E-state index in [9.17, 15) is 13.0 Å². The number of hydrogen-bond acceptors (Lipinski definition) is 4. The average molecular weight is 275 g/mol. The molecule has 0 spiro atoms. The van der Waals surface area contributed by atoms with Gasteiger partial charge < -0.3 is 4.55 Å². The summed E-state index contributed by atoms with van der Waals surface area (Å²) in [5.74, 6) is -0.460. The summed E-state index contributed by atoms with van der Waals surface area (Å²) < 4.78 is 32.8. The van der Waals surface area contributed by atoms with Gasteiger partial charge >= 0.3 is 0 Å². The maximum absolute atomic E-state index is 10.9. The van der Waals surface area contributed by atoms with Crippen molar-refractivity contribution in [3.8, 4) is 0 Å². The quantitative estimate of drug-likeness (QED) is 0.664. The fourth-order valence-corrected chi connectivity index (χ4v) is 3.48. The molecule has 96 valence electrons. The maximum atomic E-state index is 10.9. The Morgan fingerprint density at radius 1 is 1.06 bits per heavy atom. The summed E-state index contributed by atoms with van der Waals surface area (Å²) in [7, 11) is -4.27. The molecule has 0 amide bonds. The van der Waals surface area contributed by atoms with Crippen LogP contribution >= 0.6 is 11.9 Å². The highest BCUT2D eigenvalue weighted by Gasteiger charge is 2.18. The molecule has 0 aromatic heterocycles. The van der Waals surface area contributed by atoms with Crippen LogP contribution in [0.5, 0.6) is 0 Å².